The number of nitrogens with one attached hydrogen (secondary N) is 4. The first-order valence-electron chi connectivity index (χ1n) is 5.02. The monoisotopic (exact) mass is 256 g/mol. The Morgan fingerprint density at radius 1 is 1.06 bits per heavy atom. The molecule has 0 spiro atoms. The van der Waals surface area contributed by atoms with Gasteiger partial charge in [-0.25, -0.2) is 9.59 Å². The Balaban J connectivity index is 0.000000232. The Labute approximate surface area is 99.2 Å². The lowest BCUT2D eigenvalue weighted by Gasteiger charge is -1.89. The Kier molecular flexibility index (Phi) is 4.24. The quantitative estimate of drug-likeness (QED) is 0.474. The molecule has 0 saturated heterocycles. The number of imidazole rings is 1. The number of hydrogen-bond acceptors (Lipinski definition) is 5. The van der Waals surface area contributed by atoms with E-state index in [9.17, 15) is 19.2 Å². The van der Waals surface area contributed by atoms with Crippen molar-refractivity contribution in [3.05, 3.63) is 31.3 Å². The molecule has 0 fully saturated rings. The van der Waals surface area contributed by atoms with E-state index in [1.807, 2.05) is 4.98 Å². The van der Waals surface area contributed by atoms with Crippen LogP contribution in [0.1, 0.15) is 13.8 Å². The number of H-pyrrole nitrogens is 4. The van der Waals surface area contributed by atoms with E-state index in [1.54, 1.807) is 6.92 Å². The molecule has 0 aliphatic carbocycles. The molecule has 2 aromatic rings. The van der Waals surface area contributed by atoms with Gasteiger partial charge in [0.15, 0.2) is 0 Å². The number of carbonyl (C=O) groups excluding carboxylic acids is 1. The fourth-order valence-corrected chi connectivity index (χ4v) is 1.16. The van der Waals surface area contributed by atoms with Crippen LogP contribution in [0, 0.1) is 0 Å². The Hall–Kier alpha value is -2.58. The number of esters is 1. The molecule has 0 atom stereocenters. The van der Waals surface area contributed by atoms with Crippen molar-refractivity contribution in [1.29, 1.82) is 0 Å². The zero-order valence-electron chi connectivity index (χ0n) is 9.75. The summed E-state index contributed by atoms with van der Waals surface area (Å²) in [6.07, 6.45) is 0. The standard InChI is InChI=1S/C5H4N4O3.C4H8O2/c10-3-1-2(7-4(11)6-1)8-5(12)9-3;1-3-6-4(2)5/h(H4,6,7,8,9,10,11,12);3H2,1-2H3. The van der Waals surface area contributed by atoms with Crippen molar-refractivity contribution in [2.45, 2.75) is 13.8 Å². The Morgan fingerprint density at radius 3 is 2.06 bits per heavy atom. The maximum absolute atomic E-state index is 10.9. The molecule has 2 aromatic heterocycles. The van der Waals surface area contributed by atoms with E-state index in [1.165, 1.54) is 6.92 Å². The summed E-state index contributed by atoms with van der Waals surface area (Å²) in [5.41, 5.74) is -1.65. The third-order valence-corrected chi connectivity index (χ3v) is 1.77. The van der Waals surface area contributed by atoms with Crippen molar-refractivity contribution in [1.82, 2.24) is 19.9 Å². The lowest BCUT2D eigenvalue weighted by molar-refractivity contribution is -0.140. The molecule has 0 radical (unpaired) electrons. The molecule has 9 nitrogen and oxygen atoms in total. The molecular formula is C9H12N4O5. The molecule has 0 amide bonds. The summed E-state index contributed by atoms with van der Waals surface area (Å²) in [6.45, 7) is 3.65. The molecule has 0 saturated carbocycles. The van der Waals surface area contributed by atoms with Crippen molar-refractivity contribution < 1.29 is 9.53 Å². The minimum Gasteiger partial charge on any atom is -0.466 e. The molecule has 0 aromatic carbocycles. The molecule has 2 heterocycles. The smallest absolute Gasteiger partial charge is 0.327 e. The first-order valence-corrected chi connectivity index (χ1v) is 5.02. The van der Waals surface area contributed by atoms with E-state index in [0.29, 0.717) is 6.61 Å². The van der Waals surface area contributed by atoms with Crippen LogP contribution in [0.4, 0.5) is 0 Å². The van der Waals surface area contributed by atoms with E-state index < -0.39 is 16.9 Å². The minimum absolute atomic E-state index is 0.0413. The summed E-state index contributed by atoms with van der Waals surface area (Å²) in [5.74, 6) is -0.211. The van der Waals surface area contributed by atoms with Gasteiger partial charge in [-0.1, -0.05) is 0 Å². The maximum Gasteiger partial charge on any atom is 0.327 e. The van der Waals surface area contributed by atoms with Gasteiger partial charge in [0.2, 0.25) is 0 Å². The summed E-state index contributed by atoms with van der Waals surface area (Å²) in [6, 6.07) is 0. The minimum atomic E-state index is -0.650. The number of fused-ring (bicyclic) bond motifs is 1. The molecule has 9 heteroatoms. The Bertz CT molecular complexity index is 704. The number of aromatic amines is 4. The highest BCUT2D eigenvalue weighted by Crippen LogP contribution is 1.88. The average Bonchev–Trinajstić information content (AvgIpc) is 2.59. The van der Waals surface area contributed by atoms with Gasteiger partial charge in [-0.2, -0.15) is 0 Å². The van der Waals surface area contributed by atoms with Gasteiger partial charge in [0.25, 0.3) is 5.56 Å². The van der Waals surface area contributed by atoms with Gasteiger partial charge in [-0.05, 0) is 6.92 Å². The van der Waals surface area contributed by atoms with Gasteiger partial charge in [-0.15, -0.1) is 0 Å². The van der Waals surface area contributed by atoms with Gasteiger partial charge in [0, 0.05) is 6.92 Å². The first-order chi connectivity index (χ1) is 8.43. The third kappa shape index (κ3) is 3.47. The molecule has 98 valence electrons. The SMILES string of the molecule is CCOC(C)=O.O=c1[nH]c(=O)c2[nH]c(=O)[nH]c2[nH]1. The predicted octanol–water partition coefficient (Wildman–Crippen LogP) is -1.20. The number of ether oxygens (including phenoxy) is 1. The fraction of sp³-hybridized carbons (Fsp3) is 0.333. The normalized spacial score (nSPS) is 9.67. The molecule has 4 N–H and O–H groups in total. The predicted molar refractivity (Wildman–Crippen MR) is 62.5 cm³/mol. The van der Waals surface area contributed by atoms with E-state index in [2.05, 4.69) is 19.7 Å². The van der Waals surface area contributed by atoms with Gasteiger partial charge in [0.05, 0.1) is 6.61 Å². The summed E-state index contributed by atoms with van der Waals surface area (Å²) in [5, 5.41) is 0. The van der Waals surface area contributed by atoms with Gasteiger partial charge >= 0.3 is 17.3 Å². The van der Waals surface area contributed by atoms with Crippen LogP contribution in [-0.2, 0) is 9.53 Å². The molecular weight excluding hydrogens is 244 g/mol. The number of hydrogen-bond donors (Lipinski definition) is 4. The lowest BCUT2D eigenvalue weighted by atomic mass is 10.5. The fourth-order valence-electron chi connectivity index (χ4n) is 1.16. The van der Waals surface area contributed by atoms with E-state index in [4.69, 9.17) is 0 Å². The molecule has 0 aliphatic heterocycles. The van der Waals surface area contributed by atoms with Crippen LogP contribution >= 0.6 is 0 Å². The summed E-state index contributed by atoms with van der Waals surface area (Å²) < 4.78 is 4.40. The van der Waals surface area contributed by atoms with Crippen LogP contribution < -0.4 is 16.9 Å². The molecule has 0 bridgehead atoms. The third-order valence-electron chi connectivity index (χ3n) is 1.77. The highest BCUT2D eigenvalue weighted by Gasteiger charge is 2.02. The van der Waals surface area contributed by atoms with Crippen molar-refractivity contribution in [2.24, 2.45) is 0 Å². The number of rotatable bonds is 1. The highest BCUT2D eigenvalue weighted by atomic mass is 16.5. The lowest BCUT2D eigenvalue weighted by Crippen LogP contribution is -2.21. The average molecular weight is 256 g/mol. The second-order valence-corrected chi connectivity index (χ2v) is 3.16. The number of carbonyl (C=O) groups is 1. The van der Waals surface area contributed by atoms with Crippen molar-refractivity contribution in [3.63, 3.8) is 0 Å². The molecule has 18 heavy (non-hydrogen) atoms. The van der Waals surface area contributed by atoms with E-state index >= 15 is 0 Å². The van der Waals surface area contributed by atoms with Crippen LogP contribution in [0.3, 0.4) is 0 Å². The largest absolute Gasteiger partial charge is 0.466 e. The topological polar surface area (TPSA) is 141 Å². The van der Waals surface area contributed by atoms with E-state index in [-0.39, 0.29) is 17.1 Å². The van der Waals surface area contributed by atoms with Crippen LogP contribution in [0.15, 0.2) is 14.4 Å². The molecule has 0 aliphatic rings. The van der Waals surface area contributed by atoms with Crippen LogP contribution in [0.5, 0.6) is 0 Å². The maximum atomic E-state index is 10.9. The van der Waals surface area contributed by atoms with Crippen molar-refractivity contribution in [2.75, 3.05) is 6.61 Å². The van der Waals surface area contributed by atoms with Crippen LogP contribution in [0.25, 0.3) is 11.2 Å². The molecule has 0 unspecified atom stereocenters. The summed E-state index contributed by atoms with van der Waals surface area (Å²) >= 11 is 0. The highest BCUT2D eigenvalue weighted by molar-refractivity contribution is 5.67. The van der Waals surface area contributed by atoms with Crippen LogP contribution in [0.2, 0.25) is 0 Å². The zero-order chi connectivity index (χ0) is 13.7. The van der Waals surface area contributed by atoms with Crippen LogP contribution in [-0.4, -0.2) is 32.5 Å². The molecule has 2 rings (SSSR count). The summed E-state index contributed by atoms with van der Waals surface area (Å²) in [7, 11) is 0. The second-order valence-electron chi connectivity index (χ2n) is 3.16. The van der Waals surface area contributed by atoms with Crippen molar-refractivity contribution in [3.8, 4) is 0 Å². The Morgan fingerprint density at radius 2 is 1.61 bits per heavy atom. The van der Waals surface area contributed by atoms with E-state index in [0.717, 1.165) is 0 Å². The number of aromatic nitrogens is 4. The van der Waals surface area contributed by atoms with Gasteiger partial charge < -0.3 is 4.74 Å². The zero-order valence-corrected chi connectivity index (χ0v) is 9.75. The van der Waals surface area contributed by atoms with Gasteiger partial charge in [-0.3, -0.25) is 29.5 Å². The summed E-state index contributed by atoms with van der Waals surface area (Å²) in [4.78, 5) is 50.8. The first kappa shape index (κ1) is 13.5. The second kappa shape index (κ2) is 5.66. The van der Waals surface area contributed by atoms with Crippen molar-refractivity contribution >= 4 is 17.1 Å². The van der Waals surface area contributed by atoms with Gasteiger partial charge in [0.1, 0.15) is 11.2 Å².